The molecule has 1 aromatic rings. The molecular formula is C11H11BrClNO3. The molecule has 6 heteroatoms. The van der Waals surface area contributed by atoms with Crippen LogP contribution in [0.1, 0.15) is 17.3 Å². The number of methoxy groups -OCH3 is 1. The molecule has 0 aliphatic rings. The summed E-state index contributed by atoms with van der Waals surface area (Å²) in [6.45, 7) is 1.55. The molecule has 0 aromatic heterocycles. The van der Waals surface area contributed by atoms with Crippen LogP contribution in [0.25, 0.3) is 0 Å². The molecule has 1 amide bonds. The standard InChI is InChI=1S/C11H11BrClNO3/c1-6(11(16)17-2)14-10(15)8-4-3-7(13)5-9(8)12/h3-6H,1-2H3,(H,14,15). The Hall–Kier alpha value is -1.07. The third-order valence-corrected chi connectivity index (χ3v) is 2.97. The number of hydrogen-bond acceptors (Lipinski definition) is 3. The molecule has 1 unspecified atom stereocenters. The second kappa shape index (κ2) is 6.02. The van der Waals surface area contributed by atoms with E-state index in [1.807, 2.05) is 0 Å². The topological polar surface area (TPSA) is 55.4 Å². The largest absolute Gasteiger partial charge is 0.467 e. The van der Waals surface area contributed by atoms with Gasteiger partial charge in [-0.3, -0.25) is 4.79 Å². The number of rotatable bonds is 3. The second-order valence-corrected chi connectivity index (χ2v) is 4.63. The number of hydrogen-bond donors (Lipinski definition) is 1. The molecule has 0 radical (unpaired) electrons. The Bertz CT molecular complexity index is 450. The molecule has 0 spiro atoms. The van der Waals surface area contributed by atoms with Crippen molar-refractivity contribution in [3.05, 3.63) is 33.3 Å². The lowest BCUT2D eigenvalue weighted by Crippen LogP contribution is -2.39. The van der Waals surface area contributed by atoms with Crippen LogP contribution in [0, 0.1) is 0 Å². The van der Waals surface area contributed by atoms with Gasteiger partial charge in [0.2, 0.25) is 0 Å². The van der Waals surface area contributed by atoms with E-state index in [0.717, 1.165) is 0 Å². The van der Waals surface area contributed by atoms with Crippen LogP contribution in [-0.4, -0.2) is 25.0 Å². The highest BCUT2D eigenvalue weighted by Gasteiger charge is 2.18. The summed E-state index contributed by atoms with van der Waals surface area (Å²) in [7, 11) is 1.27. The number of halogens is 2. The Morgan fingerprint density at radius 3 is 2.65 bits per heavy atom. The van der Waals surface area contributed by atoms with Crippen molar-refractivity contribution in [1.82, 2.24) is 5.32 Å². The van der Waals surface area contributed by atoms with Gasteiger partial charge >= 0.3 is 5.97 Å². The second-order valence-electron chi connectivity index (χ2n) is 3.34. The van der Waals surface area contributed by atoms with Crippen LogP contribution in [-0.2, 0) is 9.53 Å². The first kappa shape index (κ1) is 14.0. The SMILES string of the molecule is COC(=O)C(C)NC(=O)c1ccc(Cl)cc1Br. The summed E-state index contributed by atoms with van der Waals surface area (Å²) < 4.78 is 5.08. The average molecular weight is 321 g/mol. The van der Waals surface area contributed by atoms with Crippen LogP contribution in [0.4, 0.5) is 0 Å². The molecule has 4 nitrogen and oxygen atoms in total. The van der Waals surface area contributed by atoms with Crippen molar-refractivity contribution in [3.8, 4) is 0 Å². The number of nitrogens with one attached hydrogen (secondary N) is 1. The first-order valence-corrected chi connectivity index (χ1v) is 5.96. The van der Waals surface area contributed by atoms with Gasteiger partial charge in [-0.2, -0.15) is 0 Å². The van der Waals surface area contributed by atoms with Crippen LogP contribution >= 0.6 is 27.5 Å². The minimum Gasteiger partial charge on any atom is -0.467 e. The van der Waals surface area contributed by atoms with Crippen molar-refractivity contribution in [1.29, 1.82) is 0 Å². The maximum absolute atomic E-state index is 11.8. The molecule has 1 rings (SSSR count). The molecule has 0 fully saturated rings. The first-order chi connectivity index (χ1) is 7.95. The normalized spacial score (nSPS) is 11.8. The van der Waals surface area contributed by atoms with Crippen molar-refractivity contribution < 1.29 is 14.3 Å². The number of carbonyl (C=O) groups is 2. The number of ether oxygens (including phenoxy) is 1. The number of carbonyl (C=O) groups excluding carboxylic acids is 2. The van der Waals surface area contributed by atoms with Crippen molar-refractivity contribution >= 4 is 39.4 Å². The minimum absolute atomic E-state index is 0.369. The predicted octanol–water partition coefficient (Wildman–Crippen LogP) is 2.39. The fourth-order valence-electron chi connectivity index (χ4n) is 1.18. The van der Waals surface area contributed by atoms with E-state index in [9.17, 15) is 9.59 Å². The average Bonchev–Trinajstić information content (AvgIpc) is 2.27. The fraction of sp³-hybridized carbons (Fsp3) is 0.273. The zero-order valence-electron chi connectivity index (χ0n) is 9.29. The van der Waals surface area contributed by atoms with Gasteiger partial charge in [-0.1, -0.05) is 11.6 Å². The van der Waals surface area contributed by atoms with Gasteiger partial charge in [0.15, 0.2) is 0 Å². The Morgan fingerprint density at radius 2 is 2.12 bits per heavy atom. The van der Waals surface area contributed by atoms with Crippen LogP contribution in [0.2, 0.25) is 5.02 Å². The van der Waals surface area contributed by atoms with Crippen LogP contribution in [0.5, 0.6) is 0 Å². The number of amides is 1. The van der Waals surface area contributed by atoms with E-state index in [0.29, 0.717) is 15.1 Å². The molecule has 1 aromatic carbocycles. The third-order valence-electron chi connectivity index (χ3n) is 2.08. The summed E-state index contributed by atoms with van der Waals surface area (Å²) in [5.41, 5.74) is 0.408. The van der Waals surface area contributed by atoms with E-state index in [4.69, 9.17) is 11.6 Å². The molecule has 1 atom stereocenters. The zero-order valence-corrected chi connectivity index (χ0v) is 11.6. The van der Waals surface area contributed by atoms with Crippen molar-refractivity contribution in [2.45, 2.75) is 13.0 Å². The van der Waals surface area contributed by atoms with Crippen molar-refractivity contribution in [3.63, 3.8) is 0 Å². The van der Waals surface area contributed by atoms with Crippen molar-refractivity contribution in [2.75, 3.05) is 7.11 Å². The minimum atomic E-state index is -0.699. The first-order valence-electron chi connectivity index (χ1n) is 4.79. The van der Waals surface area contributed by atoms with E-state index in [1.54, 1.807) is 25.1 Å². The lowest BCUT2D eigenvalue weighted by molar-refractivity contribution is -0.142. The summed E-state index contributed by atoms with van der Waals surface area (Å²) >= 11 is 8.99. The zero-order chi connectivity index (χ0) is 13.0. The summed E-state index contributed by atoms with van der Waals surface area (Å²) in [6, 6.07) is 4.09. The summed E-state index contributed by atoms with van der Waals surface area (Å²) in [5.74, 6) is -0.866. The molecule has 17 heavy (non-hydrogen) atoms. The Balaban J connectivity index is 2.80. The molecule has 0 saturated heterocycles. The Labute approximate surface area is 112 Å². The number of benzene rings is 1. The molecule has 92 valence electrons. The monoisotopic (exact) mass is 319 g/mol. The summed E-state index contributed by atoms with van der Waals surface area (Å²) in [5, 5.41) is 3.04. The lowest BCUT2D eigenvalue weighted by Gasteiger charge is -2.12. The molecule has 0 aliphatic heterocycles. The van der Waals surface area contributed by atoms with Crippen LogP contribution < -0.4 is 5.32 Å². The summed E-state index contributed by atoms with van der Waals surface area (Å²) in [6.07, 6.45) is 0. The molecule has 1 N–H and O–H groups in total. The number of esters is 1. The highest BCUT2D eigenvalue weighted by Crippen LogP contribution is 2.21. The van der Waals surface area contributed by atoms with Gasteiger partial charge in [0.25, 0.3) is 5.91 Å². The molecule has 0 saturated carbocycles. The highest BCUT2D eigenvalue weighted by atomic mass is 79.9. The van der Waals surface area contributed by atoms with Crippen LogP contribution in [0.15, 0.2) is 22.7 Å². The van der Waals surface area contributed by atoms with Gasteiger partial charge in [0.1, 0.15) is 6.04 Å². The van der Waals surface area contributed by atoms with E-state index >= 15 is 0 Å². The van der Waals surface area contributed by atoms with Crippen LogP contribution in [0.3, 0.4) is 0 Å². The molecule has 0 aliphatic carbocycles. The quantitative estimate of drug-likeness (QED) is 0.870. The Morgan fingerprint density at radius 1 is 1.47 bits per heavy atom. The van der Waals surface area contributed by atoms with E-state index in [1.165, 1.54) is 7.11 Å². The van der Waals surface area contributed by atoms with E-state index in [2.05, 4.69) is 26.0 Å². The summed E-state index contributed by atoms with van der Waals surface area (Å²) in [4.78, 5) is 23.0. The van der Waals surface area contributed by atoms with E-state index < -0.39 is 12.0 Å². The van der Waals surface area contributed by atoms with Gasteiger partial charge in [-0.15, -0.1) is 0 Å². The van der Waals surface area contributed by atoms with Crippen molar-refractivity contribution in [2.24, 2.45) is 0 Å². The van der Waals surface area contributed by atoms with Gasteiger partial charge < -0.3 is 10.1 Å². The molecule has 0 bridgehead atoms. The van der Waals surface area contributed by atoms with Gasteiger partial charge in [-0.05, 0) is 41.1 Å². The van der Waals surface area contributed by atoms with E-state index in [-0.39, 0.29) is 5.91 Å². The maximum atomic E-state index is 11.8. The lowest BCUT2D eigenvalue weighted by atomic mass is 10.2. The highest BCUT2D eigenvalue weighted by molar-refractivity contribution is 9.10. The maximum Gasteiger partial charge on any atom is 0.328 e. The third kappa shape index (κ3) is 3.71. The predicted molar refractivity (Wildman–Crippen MR) is 68.1 cm³/mol. The Kier molecular flexibility index (Phi) is 4.96. The molecular weight excluding hydrogens is 309 g/mol. The van der Waals surface area contributed by atoms with Gasteiger partial charge in [0, 0.05) is 9.50 Å². The molecule has 0 heterocycles. The fourth-order valence-corrected chi connectivity index (χ4v) is 2.05. The van der Waals surface area contributed by atoms with Gasteiger partial charge in [0.05, 0.1) is 12.7 Å². The smallest absolute Gasteiger partial charge is 0.328 e. The van der Waals surface area contributed by atoms with Gasteiger partial charge in [-0.25, -0.2) is 4.79 Å².